The zero-order valence-corrected chi connectivity index (χ0v) is 11.5. The molecule has 0 aromatic heterocycles. The number of benzene rings is 2. The number of hydrogen-bond donors (Lipinski definition) is 1. The first kappa shape index (κ1) is 13.8. The molecule has 0 spiro atoms. The van der Waals surface area contributed by atoms with E-state index in [4.69, 9.17) is 0 Å². The van der Waals surface area contributed by atoms with Gasteiger partial charge in [-0.3, -0.25) is 0 Å². The van der Waals surface area contributed by atoms with Crippen LogP contribution >= 0.6 is 0 Å². The van der Waals surface area contributed by atoms with E-state index in [0.29, 0.717) is 6.42 Å². The van der Waals surface area contributed by atoms with Crippen molar-refractivity contribution in [1.82, 2.24) is 0 Å². The third-order valence-corrected chi connectivity index (χ3v) is 4.09. The fraction of sp³-hybridized carbons (Fsp3) is 0.200. The van der Waals surface area contributed by atoms with Gasteiger partial charge in [0.15, 0.2) is 9.84 Å². The first-order valence-electron chi connectivity index (χ1n) is 5.99. The van der Waals surface area contributed by atoms with Crippen LogP contribution in [0.2, 0.25) is 0 Å². The molecule has 0 saturated heterocycles. The van der Waals surface area contributed by atoms with E-state index in [2.05, 4.69) is 0 Å². The number of aliphatic hydroxyl groups is 1. The van der Waals surface area contributed by atoms with E-state index in [1.807, 2.05) is 30.3 Å². The molecule has 2 aromatic carbocycles. The van der Waals surface area contributed by atoms with Gasteiger partial charge in [0, 0.05) is 12.7 Å². The highest BCUT2D eigenvalue weighted by Gasteiger charge is 2.11. The van der Waals surface area contributed by atoms with Crippen LogP contribution in [0.3, 0.4) is 0 Å². The Morgan fingerprint density at radius 2 is 1.58 bits per heavy atom. The molecule has 1 atom stereocenters. The van der Waals surface area contributed by atoms with Gasteiger partial charge in [-0.05, 0) is 23.3 Å². The number of sulfone groups is 1. The van der Waals surface area contributed by atoms with Crippen LogP contribution < -0.4 is 0 Å². The summed E-state index contributed by atoms with van der Waals surface area (Å²) in [5.74, 6) is 0. The quantitative estimate of drug-likeness (QED) is 0.932. The largest absolute Gasteiger partial charge is 0.388 e. The maximum Gasteiger partial charge on any atom is 0.175 e. The van der Waals surface area contributed by atoms with Crippen molar-refractivity contribution in [3.8, 4) is 0 Å². The summed E-state index contributed by atoms with van der Waals surface area (Å²) in [5, 5.41) is 10.1. The van der Waals surface area contributed by atoms with Gasteiger partial charge in [0.1, 0.15) is 0 Å². The molecule has 0 heterocycles. The minimum absolute atomic E-state index is 0.267. The van der Waals surface area contributed by atoms with Crippen molar-refractivity contribution in [2.45, 2.75) is 17.4 Å². The average Bonchev–Trinajstić information content (AvgIpc) is 2.39. The lowest BCUT2D eigenvalue weighted by molar-refractivity contribution is 0.178. The molecule has 1 unspecified atom stereocenters. The lowest BCUT2D eigenvalue weighted by atomic mass is 10.0. The Balaban J connectivity index is 2.14. The normalized spacial score (nSPS) is 13.2. The van der Waals surface area contributed by atoms with Gasteiger partial charge in [0.2, 0.25) is 0 Å². The van der Waals surface area contributed by atoms with Gasteiger partial charge in [-0.1, -0.05) is 42.5 Å². The fourth-order valence-corrected chi connectivity index (χ4v) is 2.52. The molecular formula is C15H16O3S. The van der Waals surface area contributed by atoms with Crippen molar-refractivity contribution >= 4 is 9.84 Å². The van der Waals surface area contributed by atoms with E-state index < -0.39 is 15.9 Å². The van der Waals surface area contributed by atoms with Gasteiger partial charge in [-0.15, -0.1) is 0 Å². The second-order valence-electron chi connectivity index (χ2n) is 4.55. The van der Waals surface area contributed by atoms with E-state index in [9.17, 15) is 13.5 Å². The summed E-state index contributed by atoms with van der Waals surface area (Å²) in [6.07, 6.45) is 1.05. The van der Waals surface area contributed by atoms with Gasteiger partial charge in [0.05, 0.1) is 11.0 Å². The summed E-state index contributed by atoms with van der Waals surface area (Å²) in [6.45, 7) is 0. The minimum Gasteiger partial charge on any atom is -0.388 e. The lowest BCUT2D eigenvalue weighted by Crippen LogP contribution is -2.03. The Kier molecular flexibility index (Phi) is 4.02. The predicted molar refractivity (Wildman–Crippen MR) is 74.7 cm³/mol. The van der Waals surface area contributed by atoms with E-state index in [0.717, 1.165) is 11.1 Å². The first-order valence-corrected chi connectivity index (χ1v) is 7.88. The summed E-state index contributed by atoms with van der Waals surface area (Å²) < 4.78 is 22.7. The van der Waals surface area contributed by atoms with Crippen molar-refractivity contribution in [2.24, 2.45) is 0 Å². The summed E-state index contributed by atoms with van der Waals surface area (Å²) in [4.78, 5) is 0.267. The molecule has 0 bridgehead atoms. The second-order valence-corrected chi connectivity index (χ2v) is 6.56. The number of hydrogen-bond acceptors (Lipinski definition) is 3. The smallest absolute Gasteiger partial charge is 0.175 e. The zero-order chi connectivity index (χ0) is 13.9. The van der Waals surface area contributed by atoms with E-state index in [-0.39, 0.29) is 4.90 Å². The van der Waals surface area contributed by atoms with E-state index >= 15 is 0 Å². The van der Waals surface area contributed by atoms with Crippen molar-refractivity contribution in [3.05, 3.63) is 65.7 Å². The van der Waals surface area contributed by atoms with Crippen molar-refractivity contribution < 1.29 is 13.5 Å². The standard InChI is InChI=1S/C15H16O3S/c1-19(17,18)14-9-7-13(8-10-14)15(16)11-12-5-3-2-4-6-12/h2-10,15-16H,11H2,1H3. The van der Waals surface area contributed by atoms with Crippen LogP contribution in [0.5, 0.6) is 0 Å². The highest BCUT2D eigenvalue weighted by molar-refractivity contribution is 7.90. The molecule has 100 valence electrons. The molecule has 2 aromatic rings. The summed E-state index contributed by atoms with van der Waals surface area (Å²) in [6, 6.07) is 16.0. The summed E-state index contributed by atoms with van der Waals surface area (Å²) in [7, 11) is -3.19. The average molecular weight is 276 g/mol. The SMILES string of the molecule is CS(=O)(=O)c1ccc(C(O)Cc2ccccc2)cc1. The van der Waals surface area contributed by atoms with Gasteiger partial charge in [0.25, 0.3) is 0 Å². The summed E-state index contributed by atoms with van der Waals surface area (Å²) >= 11 is 0. The van der Waals surface area contributed by atoms with Gasteiger partial charge < -0.3 is 5.11 Å². The van der Waals surface area contributed by atoms with Gasteiger partial charge in [-0.25, -0.2) is 8.42 Å². The molecule has 0 aliphatic heterocycles. The van der Waals surface area contributed by atoms with Crippen molar-refractivity contribution in [2.75, 3.05) is 6.26 Å². The van der Waals surface area contributed by atoms with E-state index in [1.165, 1.54) is 18.4 Å². The van der Waals surface area contributed by atoms with Crippen LogP contribution in [0.15, 0.2) is 59.5 Å². The monoisotopic (exact) mass is 276 g/mol. The van der Waals surface area contributed by atoms with Crippen LogP contribution in [0, 0.1) is 0 Å². The number of rotatable bonds is 4. The third kappa shape index (κ3) is 3.66. The minimum atomic E-state index is -3.19. The molecule has 3 nitrogen and oxygen atoms in total. The molecule has 19 heavy (non-hydrogen) atoms. The maximum atomic E-state index is 11.3. The lowest BCUT2D eigenvalue weighted by Gasteiger charge is -2.11. The predicted octanol–water partition coefficient (Wildman–Crippen LogP) is 2.37. The zero-order valence-electron chi connectivity index (χ0n) is 10.7. The Bertz CT molecular complexity index is 631. The molecule has 0 saturated carbocycles. The van der Waals surface area contributed by atoms with Crippen LogP contribution in [-0.4, -0.2) is 19.8 Å². The first-order chi connectivity index (χ1) is 8.97. The van der Waals surface area contributed by atoms with Crippen molar-refractivity contribution in [3.63, 3.8) is 0 Å². The Morgan fingerprint density at radius 1 is 1.00 bits per heavy atom. The molecule has 0 fully saturated rings. The molecule has 0 radical (unpaired) electrons. The molecule has 1 N–H and O–H groups in total. The fourth-order valence-electron chi connectivity index (χ4n) is 1.89. The third-order valence-electron chi connectivity index (χ3n) is 2.96. The molecule has 0 aliphatic carbocycles. The molecule has 0 aliphatic rings. The van der Waals surface area contributed by atoms with Crippen LogP contribution in [0.1, 0.15) is 17.2 Å². The topological polar surface area (TPSA) is 54.4 Å². The Hall–Kier alpha value is -1.65. The Labute approximate surface area is 113 Å². The molecule has 0 amide bonds. The molecular weight excluding hydrogens is 260 g/mol. The number of aliphatic hydroxyl groups excluding tert-OH is 1. The molecule has 4 heteroatoms. The van der Waals surface area contributed by atoms with Crippen molar-refractivity contribution in [1.29, 1.82) is 0 Å². The van der Waals surface area contributed by atoms with Gasteiger partial charge in [-0.2, -0.15) is 0 Å². The van der Waals surface area contributed by atoms with Crippen LogP contribution in [-0.2, 0) is 16.3 Å². The van der Waals surface area contributed by atoms with Gasteiger partial charge >= 0.3 is 0 Å². The van der Waals surface area contributed by atoms with E-state index in [1.54, 1.807) is 12.1 Å². The summed E-state index contributed by atoms with van der Waals surface area (Å²) in [5.41, 5.74) is 1.76. The highest BCUT2D eigenvalue weighted by Crippen LogP contribution is 2.20. The Morgan fingerprint density at radius 3 is 2.11 bits per heavy atom. The van der Waals surface area contributed by atoms with Crippen LogP contribution in [0.4, 0.5) is 0 Å². The highest BCUT2D eigenvalue weighted by atomic mass is 32.2. The van der Waals surface area contributed by atoms with Crippen LogP contribution in [0.25, 0.3) is 0 Å². The second kappa shape index (κ2) is 5.55. The maximum absolute atomic E-state index is 11.3. The molecule has 2 rings (SSSR count).